The zero-order valence-corrected chi connectivity index (χ0v) is 15.4. The molecule has 1 saturated heterocycles. The molecular formula is C17H22N4O4S. The molecule has 0 unspecified atom stereocenters. The second kappa shape index (κ2) is 7.77. The molecule has 1 fully saturated rings. The quantitative estimate of drug-likeness (QED) is 0.828. The number of carbonyl (C=O) groups excluding carboxylic acids is 1. The molecule has 2 heterocycles. The van der Waals surface area contributed by atoms with Gasteiger partial charge in [0.1, 0.15) is 6.61 Å². The van der Waals surface area contributed by atoms with Gasteiger partial charge in [-0.3, -0.25) is 9.40 Å². The van der Waals surface area contributed by atoms with Crippen LogP contribution in [0.15, 0.2) is 42.6 Å². The van der Waals surface area contributed by atoms with Crippen molar-refractivity contribution in [2.75, 3.05) is 23.6 Å². The Hall–Kier alpha value is -2.55. The molecule has 9 heteroatoms. The first-order valence-corrected chi connectivity index (χ1v) is 10.0. The molecule has 8 nitrogen and oxygen atoms in total. The molecule has 1 aliphatic heterocycles. The van der Waals surface area contributed by atoms with E-state index in [9.17, 15) is 13.2 Å². The summed E-state index contributed by atoms with van der Waals surface area (Å²) in [6.45, 7) is 1.08. The highest BCUT2D eigenvalue weighted by Crippen LogP contribution is 2.20. The standard InChI is InChI=1S/C17H22N4O4S/c1-20-9-8-16(18-20)19-26(23,24)13-15-7-10-21(11-15)17(22)25-12-14-5-3-2-4-6-14/h2-6,8-9,15H,7,10-13H2,1H3,(H,18,19)/t15-/m0/s1. The van der Waals surface area contributed by atoms with Crippen LogP contribution in [0.4, 0.5) is 10.6 Å². The second-order valence-corrected chi connectivity index (χ2v) is 8.17. The summed E-state index contributed by atoms with van der Waals surface area (Å²) in [6, 6.07) is 11.0. The minimum atomic E-state index is -3.51. The lowest BCUT2D eigenvalue weighted by Crippen LogP contribution is -2.31. The number of sulfonamides is 1. The van der Waals surface area contributed by atoms with Gasteiger partial charge in [-0.1, -0.05) is 30.3 Å². The lowest BCUT2D eigenvalue weighted by molar-refractivity contribution is 0.103. The number of anilines is 1. The van der Waals surface area contributed by atoms with E-state index in [0.717, 1.165) is 5.56 Å². The summed E-state index contributed by atoms with van der Waals surface area (Å²) in [4.78, 5) is 13.7. The summed E-state index contributed by atoms with van der Waals surface area (Å²) >= 11 is 0. The predicted octanol–water partition coefficient (Wildman–Crippen LogP) is 1.82. The number of rotatable bonds is 6. The minimum absolute atomic E-state index is 0.0496. The second-order valence-electron chi connectivity index (χ2n) is 6.40. The first kappa shape index (κ1) is 18.2. The topological polar surface area (TPSA) is 93.5 Å². The molecule has 1 aromatic carbocycles. The molecule has 0 saturated carbocycles. The van der Waals surface area contributed by atoms with Crippen molar-refractivity contribution in [1.82, 2.24) is 14.7 Å². The molecule has 3 rings (SSSR count). The largest absolute Gasteiger partial charge is 0.445 e. The molecule has 0 spiro atoms. The van der Waals surface area contributed by atoms with E-state index < -0.39 is 16.1 Å². The summed E-state index contributed by atoms with van der Waals surface area (Å²) in [6.07, 6.45) is 1.88. The Labute approximate surface area is 152 Å². The van der Waals surface area contributed by atoms with Gasteiger partial charge in [-0.2, -0.15) is 5.10 Å². The molecule has 1 aromatic heterocycles. The van der Waals surface area contributed by atoms with Crippen LogP contribution in [0.1, 0.15) is 12.0 Å². The monoisotopic (exact) mass is 378 g/mol. The molecule has 0 aliphatic carbocycles. The number of ether oxygens (including phenoxy) is 1. The van der Waals surface area contributed by atoms with Gasteiger partial charge in [0, 0.05) is 32.4 Å². The first-order chi connectivity index (χ1) is 12.4. The maximum absolute atomic E-state index is 12.3. The van der Waals surface area contributed by atoms with Crippen LogP contribution < -0.4 is 4.72 Å². The van der Waals surface area contributed by atoms with E-state index in [-0.39, 0.29) is 18.3 Å². The average molecular weight is 378 g/mol. The molecule has 0 radical (unpaired) electrons. The number of benzene rings is 1. The number of likely N-dealkylation sites (tertiary alicyclic amines) is 1. The number of amides is 1. The minimum Gasteiger partial charge on any atom is -0.445 e. The van der Waals surface area contributed by atoms with Crippen molar-refractivity contribution in [3.05, 3.63) is 48.2 Å². The van der Waals surface area contributed by atoms with Crippen LogP contribution >= 0.6 is 0 Å². The van der Waals surface area contributed by atoms with E-state index in [2.05, 4.69) is 9.82 Å². The van der Waals surface area contributed by atoms with Crippen molar-refractivity contribution >= 4 is 21.9 Å². The molecule has 1 aliphatic rings. The van der Waals surface area contributed by atoms with Gasteiger partial charge in [0.25, 0.3) is 0 Å². The lowest BCUT2D eigenvalue weighted by Gasteiger charge is -2.16. The van der Waals surface area contributed by atoms with Crippen LogP contribution in [0.25, 0.3) is 0 Å². The van der Waals surface area contributed by atoms with Gasteiger partial charge in [0.05, 0.1) is 5.75 Å². The van der Waals surface area contributed by atoms with Gasteiger partial charge >= 0.3 is 6.09 Å². The highest BCUT2D eigenvalue weighted by atomic mass is 32.2. The number of hydrogen-bond acceptors (Lipinski definition) is 5. The van der Waals surface area contributed by atoms with Crippen molar-refractivity contribution in [3.8, 4) is 0 Å². The lowest BCUT2D eigenvalue weighted by atomic mass is 10.2. The Morgan fingerprint density at radius 1 is 1.31 bits per heavy atom. The highest BCUT2D eigenvalue weighted by molar-refractivity contribution is 7.92. The first-order valence-electron chi connectivity index (χ1n) is 8.37. The molecule has 1 atom stereocenters. The Bertz CT molecular complexity index is 851. The molecule has 26 heavy (non-hydrogen) atoms. The smallest absolute Gasteiger partial charge is 0.410 e. The summed E-state index contributed by atoms with van der Waals surface area (Å²) in [7, 11) is -1.80. The summed E-state index contributed by atoms with van der Waals surface area (Å²) in [5.41, 5.74) is 0.915. The fraction of sp³-hybridized carbons (Fsp3) is 0.412. The normalized spacial score (nSPS) is 17.3. The third-order valence-electron chi connectivity index (χ3n) is 4.18. The Morgan fingerprint density at radius 3 is 2.77 bits per heavy atom. The number of carbonyl (C=O) groups is 1. The maximum Gasteiger partial charge on any atom is 0.410 e. The van der Waals surface area contributed by atoms with Gasteiger partial charge in [-0.05, 0) is 17.9 Å². The van der Waals surface area contributed by atoms with E-state index in [1.807, 2.05) is 30.3 Å². The van der Waals surface area contributed by atoms with E-state index in [1.165, 1.54) is 4.68 Å². The summed E-state index contributed by atoms with van der Waals surface area (Å²) < 4.78 is 33.8. The van der Waals surface area contributed by atoms with Crippen LogP contribution in [0.2, 0.25) is 0 Å². The van der Waals surface area contributed by atoms with Crippen molar-refractivity contribution in [2.24, 2.45) is 13.0 Å². The van der Waals surface area contributed by atoms with E-state index in [1.54, 1.807) is 24.2 Å². The Morgan fingerprint density at radius 2 is 2.08 bits per heavy atom. The third kappa shape index (κ3) is 4.98. The zero-order valence-electron chi connectivity index (χ0n) is 14.5. The number of hydrogen-bond donors (Lipinski definition) is 1. The van der Waals surface area contributed by atoms with E-state index in [0.29, 0.717) is 25.3 Å². The summed E-state index contributed by atoms with van der Waals surface area (Å²) in [5, 5.41) is 4.01. The van der Waals surface area contributed by atoms with Crippen molar-refractivity contribution < 1.29 is 17.9 Å². The third-order valence-corrected chi connectivity index (χ3v) is 5.61. The SMILES string of the molecule is Cn1ccc(NS(=O)(=O)C[C@H]2CCN(C(=O)OCc3ccccc3)C2)n1. The van der Waals surface area contributed by atoms with Gasteiger partial charge in [-0.15, -0.1) is 0 Å². The molecule has 140 valence electrons. The molecular weight excluding hydrogens is 356 g/mol. The van der Waals surface area contributed by atoms with Gasteiger partial charge < -0.3 is 9.64 Å². The van der Waals surface area contributed by atoms with Crippen LogP contribution in [-0.2, 0) is 28.4 Å². The van der Waals surface area contributed by atoms with Gasteiger partial charge in [0.15, 0.2) is 5.82 Å². The molecule has 1 N–H and O–H groups in total. The van der Waals surface area contributed by atoms with Crippen LogP contribution in [-0.4, -0.2) is 48.0 Å². The molecule has 2 aromatic rings. The fourth-order valence-electron chi connectivity index (χ4n) is 2.93. The maximum atomic E-state index is 12.3. The van der Waals surface area contributed by atoms with Crippen LogP contribution in [0, 0.1) is 5.92 Å². The average Bonchev–Trinajstić information content (AvgIpc) is 3.22. The fourth-order valence-corrected chi connectivity index (χ4v) is 4.33. The van der Waals surface area contributed by atoms with Crippen molar-refractivity contribution in [2.45, 2.75) is 13.0 Å². The molecule has 0 bridgehead atoms. The number of aryl methyl sites for hydroxylation is 1. The van der Waals surface area contributed by atoms with Crippen LogP contribution in [0.3, 0.4) is 0 Å². The molecule has 1 amide bonds. The number of aromatic nitrogens is 2. The van der Waals surface area contributed by atoms with Crippen LogP contribution in [0.5, 0.6) is 0 Å². The van der Waals surface area contributed by atoms with Crippen molar-refractivity contribution in [3.63, 3.8) is 0 Å². The van der Waals surface area contributed by atoms with Crippen molar-refractivity contribution in [1.29, 1.82) is 0 Å². The number of nitrogens with zero attached hydrogens (tertiary/aromatic N) is 3. The van der Waals surface area contributed by atoms with Gasteiger partial charge in [0.2, 0.25) is 10.0 Å². The zero-order chi connectivity index (χ0) is 18.6. The highest BCUT2D eigenvalue weighted by Gasteiger charge is 2.31. The van der Waals surface area contributed by atoms with E-state index in [4.69, 9.17) is 4.74 Å². The number of nitrogens with one attached hydrogen (secondary N) is 1. The van der Waals surface area contributed by atoms with Gasteiger partial charge in [-0.25, -0.2) is 13.2 Å². The Kier molecular flexibility index (Phi) is 5.46. The summed E-state index contributed by atoms with van der Waals surface area (Å²) in [5.74, 6) is 0.122. The Balaban J connectivity index is 1.47. The van der Waals surface area contributed by atoms with E-state index >= 15 is 0 Å². The predicted molar refractivity (Wildman–Crippen MR) is 96.9 cm³/mol.